The minimum absolute atomic E-state index is 0.0514. The molecule has 4 heterocycles. The zero-order valence-electron chi connectivity index (χ0n) is 19.1. The molecule has 2 fully saturated rings. The molecule has 0 spiro atoms. The first-order valence-electron chi connectivity index (χ1n) is 11.2. The van der Waals surface area contributed by atoms with Gasteiger partial charge in [0.15, 0.2) is 10.8 Å². The third-order valence-electron chi connectivity index (χ3n) is 6.50. The summed E-state index contributed by atoms with van der Waals surface area (Å²) in [7, 11) is 0. The normalized spacial score (nSPS) is 26.2. The number of nitrogens with one attached hydrogen (secondary N) is 1. The monoisotopic (exact) mass is 479 g/mol. The van der Waals surface area contributed by atoms with E-state index in [2.05, 4.69) is 20.2 Å². The van der Waals surface area contributed by atoms with Crippen LogP contribution in [0.4, 0.5) is 4.39 Å². The van der Waals surface area contributed by atoms with Crippen molar-refractivity contribution in [3.8, 4) is 0 Å². The summed E-state index contributed by atoms with van der Waals surface area (Å²) in [6.45, 7) is 7.06. The standard InChI is InChI=1S/C22H30FN5O4S/c1-4-32-20(29)13-9-25-18(19-24-6-8-33-19)26-15(13)11-28-10-14(23)17-16(28)5-7-27(17)12-22(2,3)21(30)31/h6,8,14,16-17H,4-5,7,9-12H2,1-3H3,(H,25,26)(H,30,31). The van der Waals surface area contributed by atoms with Gasteiger partial charge in [-0.1, -0.05) is 0 Å². The molecule has 0 aliphatic carbocycles. The molecule has 3 aliphatic rings. The molecule has 4 rings (SSSR count). The van der Waals surface area contributed by atoms with E-state index < -0.39 is 23.5 Å². The van der Waals surface area contributed by atoms with Gasteiger partial charge in [-0.2, -0.15) is 0 Å². The number of ether oxygens (including phenoxy) is 1. The Bertz CT molecular complexity index is 964. The second-order valence-electron chi connectivity index (χ2n) is 9.26. The number of hydrogen-bond acceptors (Lipinski definition) is 9. The highest BCUT2D eigenvalue weighted by Crippen LogP contribution is 2.36. The molecule has 33 heavy (non-hydrogen) atoms. The van der Waals surface area contributed by atoms with E-state index in [4.69, 9.17) is 4.74 Å². The van der Waals surface area contributed by atoms with Gasteiger partial charge in [0.05, 0.1) is 30.2 Å². The Hall–Kier alpha value is -2.37. The number of hydrogen-bond donors (Lipinski definition) is 2. The van der Waals surface area contributed by atoms with Crippen molar-refractivity contribution in [3.63, 3.8) is 0 Å². The number of carboxylic acids is 1. The molecule has 11 heteroatoms. The van der Waals surface area contributed by atoms with E-state index >= 15 is 4.39 Å². The van der Waals surface area contributed by atoms with Crippen molar-refractivity contribution < 1.29 is 23.8 Å². The summed E-state index contributed by atoms with van der Waals surface area (Å²) in [6, 6.07) is -0.407. The number of esters is 1. The molecule has 2 N–H and O–H groups in total. The van der Waals surface area contributed by atoms with Gasteiger partial charge in [-0.15, -0.1) is 11.3 Å². The number of likely N-dealkylation sites (tertiary alicyclic amines) is 2. The first-order valence-corrected chi connectivity index (χ1v) is 12.0. The topological polar surface area (TPSA) is 107 Å². The smallest absolute Gasteiger partial charge is 0.337 e. The van der Waals surface area contributed by atoms with Gasteiger partial charge in [0.2, 0.25) is 0 Å². The minimum atomic E-state index is -1.09. The Kier molecular flexibility index (Phi) is 6.83. The Morgan fingerprint density at radius 3 is 2.85 bits per heavy atom. The van der Waals surface area contributed by atoms with Crippen LogP contribution in [0.1, 0.15) is 32.2 Å². The first kappa shape index (κ1) is 23.8. The summed E-state index contributed by atoms with van der Waals surface area (Å²) < 4.78 is 20.4. The van der Waals surface area contributed by atoms with Crippen molar-refractivity contribution in [2.24, 2.45) is 10.4 Å². The molecule has 0 radical (unpaired) electrons. The summed E-state index contributed by atoms with van der Waals surface area (Å²) in [4.78, 5) is 37.0. The number of fused-ring (bicyclic) bond motifs is 1. The van der Waals surface area contributed by atoms with Crippen molar-refractivity contribution >= 4 is 29.1 Å². The predicted octanol–water partition coefficient (Wildman–Crippen LogP) is 1.52. The molecular formula is C22H30FN5O4S. The Morgan fingerprint density at radius 2 is 2.18 bits per heavy atom. The van der Waals surface area contributed by atoms with Crippen molar-refractivity contribution in [1.29, 1.82) is 0 Å². The molecule has 1 aromatic rings. The number of rotatable bonds is 8. The minimum Gasteiger partial charge on any atom is -0.481 e. The van der Waals surface area contributed by atoms with Gasteiger partial charge in [-0.25, -0.2) is 14.2 Å². The van der Waals surface area contributed by atoms with E-state index in [-0.39, 0.29) is 31.8 Å². The van der Waals surface area contributed by atoms with E-state index in [1.165, 1.54) is 11.3 Å². The maximum Gasteiger partial charge on any atom is 0.337 e. The van der Waals surface area contributed by atoms with Crippen LogP contribution in [-0.2, 0) is 14.3 Å². The van der Waals surface area contributed by atoms with Gasteiger partial charge in [-0.05, 0) is 27.2 Å². The second kappa shape index (κ2) is 9.47. The maximum atomic E-state index is 15.2. The van der Waals surface area contributed by atoms with E-state index in [9.17, 15) is 14.7 Å². The quantitative estimate of drug-likeness (QED) is 0.541. The Morgan fingerprint density at radius 1 is 1.39 bits per heavy atom. The summed E-state index contributed by atoms with van der Waals surface area (Å²) >= 11 is 1.45. The number of carbonyl (C=O) groups excluding carboxylic acids is 1. The van der Waals surface area contributed by atoms with Crippen molar-refractivity contribution in [2.75, 3.05) is 39.3 Å². The third kappa shape index (κ3) is 4.80. The number of aliphatic carboxylic acids is 1. The SMILES string of the molecule is CCOC(=O)C1=C(CN2CC(F)C3C2CCN3CC(C)(C)C(=O)O)NC(c2nccs2)=NC1. The van der Waals surface area contributed by atoms with Gasteiger partial charge in [0.25, 0.3) is 0 Å². The molecule has 3 atom stereocenters. The molecule has 1 aromatic heterocycles. The first-order chi connectivity index (χ1) is 15.7. The highest BCUT2D eigenvalue weighted by molar-refractivity contribution is 7.11. The van der Waals surface area contributed by atoms with Gasteiger partial charge >= 0.3 is 11.9 Å². The van der Waals surface area contributed by atoms with E-state index in [1.807, 2.05) is 10.3 Å². The summed E-state index contributed by atoms with van der Waals surface area (Å²) in [5.74, 6) is -0.719. The lowest BCUT2D eigenvalue weighted by atomic mass is 9.92. The average Bonchev–Trinajstić information content (AvgIpc) is 3.48. The molecule has 2 saturated heterocycles. The molecule has 0 bridgehead atoms. The van der Waals surface area contributed by atoms with Gasteiger partial charge in [-0.3, -0.25) is 19.6 Å². The molecule has 3 aliphatic heterocycles. The van der Waals surface area contributed by atoms with Crippen LogP contribution in [0, 0.1) is 5.41 Å². The molecule has 180 valence electrons. The summed E-state index contributed by atoms with van der Waals surface area (Å²) in [5.41, 5.74) is 0.148. The third-order valence-corrected chi connectivity index (χ3v) is 7.28. The van der Waals surface area contributed by atoms with E-state index in [0.29, 0.717) is 36.7 Å². The number of carboxylic acid groups (broad SMARTS) is 1. The van der Waals surface area contributed by atoms with Crippen molar-refractivity contribution in [1.82, 2.24) is 20.1 Å². The molecule has 9 nitrogen and oxygen atoms in total. The maximum absolute atomic E-state index is 15.2. The number of alkyl halides is 1. The van der Waals surface area contributed by atoms with Gasteiger partial charge in [0.1, 0.15) is 6.17 Å². The average molecular weight is 480 g/mol. The molecule has 0 saturated carbocycles. The number of aliphatic imine (C=N–C) groups is 1. The van der Waals surface area contributed by atoms with Crippen LogP contribution in [0.15, 0.2) is 27.8 Å². The Balaban J connectivity index is 1.52. The van der Waals surface area contributed by atoms with Crippen LogP contribution in [0.5, 0.6) is 0 Å². The van der Waals surface area contributed by atoms with Crippen LogP contribution >= 0.6 is 11.3 Å². The number of carbonyl (C=O) groups is 2. The van der Waals surface area contributed by atoms with Crippen LogP contribution in [0.2, 0.25) is 0 Å². The van der Waals surface area contributed by atoms with Crippen LogP contribution in [-0.4, -0.2) is 95.3 Å². The van der Waals surface area contributed by atoms with Gasteiger partial charge in [0, 0.05) is 49.5 Å². The van der Waals surface area contributed by atoms with Crippen molar-refractivity contribution in [2.45, 2.75) is 45.4 Å². The fourth-order valence-electron chi connectivity index (χ4n) is 4.86. The second-order valence-corrected chi connectivity index (χ2v) is 10.2. The number of thiazole rings is 1. The number of nitrogens with zero attached hydrogens (tertiary/aromatic N) is 4. The highest BCUT2D eigenvalue weighted by Gasteiger charge is 2.50. The predicted molar refractivity (Wildman–Crippen MR) is 122 cm³/mol. The lowest BCUT2D eigenvalue weighted by Gasteiger charge is -2.31. The highest BCUT2D eigenvalue weighted by atomic mass is 32.1. The summed E-state index contributed by atoms with van der Waals surface area (Å²) in [5, 5.41) is 15.3. The fraction of sp³-hybridized carbons (Fsp3) is 0.636. The molecular weight excluding hydrogens is 449 g/mol. The lowest BCUT2D eigenvalue weighted by molar-refractivity contribution is -0.148. The van der Waals surface area contributed by atoms with Crippen molar-refractivity contribution in [3.05, 3.63) is 27.9 Å². The zero-order valence-corrected chi connectivity index (χ0v) is 19.9. The van der Waals surface area contributed by atoms with Gasteiger partial charge < -0.3 is 15.2 Å². The van der Waals surface area contributed by atoms with Crippen LogP contribution < -0.4 is 5.32 Å². The molecule has 0 amide bonds. The van der Waals surface area contributed by atoms with Crippen LogP contribution in [0.3, 0.4) is 0 Å². The number of aromatic nitrogens is 1. The lowest BCUT2D eigenvalue weighted by Crippen LogP contribution is -2.46. The number of halogens is 1. The van der Waals surface area contributed by atoms with E-state index in [1.54, 1.807) is 27.0 Å². The zero-order chi connectivity index (χ0) is 23.8. The fourth-order valence-corrected chi connectivity index (χ4v) is 5.46. The number of amidine groups is 1. The molecule has 3 unspecified atom stereocenters. The van der Waals surface area contributed by atoms with Crippen LogP contribution in [0.25, 0.3) is 0 Å². The Labute approximate surface area is 196 Å². The molecule has 0 aromatic carbocycles. The summed E-state index contributed by atoms with van der Waals surface area (Å²) in [6.07, 6.45) is 1.35. The largest absolute Gasteiger partial charge is 0.481 e. The van der Waals surface area contributed by atoms with E-state index in [0.717, 1.165) is 11.4 Å².